The highest BCUT2D eigenvalue weighted by molar-refractivity contribution is 7.93. The lowest BCUT2D eigenvalue weighted by Crippen LogP contribution is -2.24. The zero-order valence-electron chi connectivity index (χ0n) is 15.7. The van der Waals surface area contributed by atoms with E-state index in [0.29, 0.717) is 24.3 Å². The Hall–Kier alpha value is -2.91. The molecule has 1 N–H and O–H groups in total. The topological polar surface area (TPSA) is 88.6 Å². The number of rotatable bonds is 6. The van der Waals surface area contributed by atoms with Gasteiger partial charge in [0.2, 0.25) is 5.91 Å². The van der Waals surface area contributed by atoms with E-state index in [1.165, 1.54) is 24.5 Å². The van der Waals surface area contributed by atoms with E-state index < -0.39 is 10.0 Å². The van der Waals surface area contributed by atoms with E-state index in [0.717, 1.165) is 12.0 Å². The second-order valence-electron chi connectivity index (χ2n) is 6.49. The van der Waals surface area contributed by atoms with Crippen LogP contribution in [0.2, 0.25) is 0 Å². The second kappa shape index (κ2) is 7.84. The molecule has 2 heterocycles. The number of nitrogens with one attached hydrogen (secondary N) is 1. The number of methoxy groups -OCH3 is 1. The fourth-order valence-corrected chi connectivity index (χ4v) is 5.36. The van der Waals surface area contributed by atoms with Gasteiger partial charge in [0.05, 0.1) is 12.8 Å². The Bertz CT molecular complexity index is 1140. The Balaban J connectivity index is 1.65. The lowest BCUT2D eigenvalue weighted by atomic mass is 10.2. The molecule has 0 bridgehead atoms. The minimum Gasteiger partial charge on any atom is -0.495 e. The quantitative estimate of drug-likeness (QED) is 0.645. The number of amides is 1. The first-order valence-electron chi connectivity index (χ1n) is 9.00. The molecule has 0 aliphatic carbocycles. The molecule has 0 atom stereocenters. The van der Waals surface area contributed by atoms with Gasteiger partial charge < -0.3 is 9.64 Å². The van der Waals surface area contributed by atoms with Gasteiger partial charge in [-0.05, 0) is 24.6 Å². The lowest BCUT2D eigenvalue weighted by molar-refractivity contribution is -0.117. The minimum absolute atomic E-state index is 0.0149. The molecule has 29 heavy (non-hydrogen) atoms. The summed E-state index contributed by atoms with van der Waals surface area (Å²) in [6.45, 7) is 0.574. The average Bonchev–Trinajstić information content (AvgIpc) is 3.37. The Morgan fingerprint density at radius 2 is 1.97 bits per heavy atom. The van der Waals surface area contributed by atoms with Crippen molar-refractivity contribution in [2.75, 3.05) is 23.3 Å². The normalized spacial score (nSPS) is 14.2. The van der Waals surface area contributed by atoms with Crippen LogP contribution in [0.4, 0.5) is 10.8 Å². The lowest BCUT2D eigenvalue weighted by Gasteiger charge is -2.18. The molecule has 1 aromatic heterocycles. The number of thiazole rings is 1. The summed E-state index contributed by atoms with van der Waals surface area (Å²) in [6.07, 6.45) is 1.22. The molecule has 0 unspecified atom stereocenters. The van der Waals surface area contributed by atoms with Crippen molar-refractivity contribution in [2.45, 2.75) is 17.7 Å². The number of carbonyl (C=O) groups is 1. The van der Waals surface area contributed by atoms with Crippen molar-refractivity contribution >= 4 is 38.1 Å². The maximum atomic E-state index is 13.0. The first-order chi connectivity index (χ1) is 14.0. The van der Waals surface area contributed by atoms with Crippen molar-refractivity contribution in [3.05, 3.63) is 53.9 Å². The highest BCUT2D eigenvalue weighted by Crippen LogP contribution is 2.33. The number of benzene rings is 2. The molecule has 150 valence electrons. The van der Waals surface area contributed by atoms with Crippen molar-refractivity contribution in [1.29, 1.82) is 0 Å². The molecule has 1 fully saturated rings. The van der Waals surface area contributed by atoms with E-state index in [4.69, 9.17) is 4.74 Å². The van der Waals surface area contributed by atoms with Crippen LogP contribution in [0.25, 0.3) is 11.3 Å². The molecule has 3 aromatic rings. The second-order valence-corrected chi connectivity index (χ2v) is 9.00. The molecule has 7 nitrogen and oxygen atoms in total. The highest BCUT2D eigenvalue weighted by atomic mass is 32.2. The predicted octanol–water partition coefficient (Wildman–Crippen LogP) is 3.75. The first kappa shape index (κ1) is 19.4. The molecule has 0 spiro atoms. The van der Waals surface area contributed by atoms with Crippen LogP contribution >= 0.6 is 11.3 Å². The van der Waals surface area contributed by atoms with E-state index in [2.05, 4.69) is 9.71 Å². The molecular formula is C20H19N3O4S2. The summed E-state index contributed by atoms with van der Waals surface area (Å²) in [4.78, 5) is 18.0. The largest absolute Gasteiger partial charge is 0.495 e. The molecule has 1 aliphatic rings. The fraction of sp³-hybridized carbons (Fsp3) is 0.200. The Kier molecular flexibility index (Phi) is 5.25. The number of hydrogen-bond acceptors (Lipinski definition) is 6. The van der Waals surface area contributed by atoms with Crippen LogP contribution in [0.3, 0.4) is 0 Å². The highest BCUT2D eigenvalue weighted by Gasteiger charge is 2.26. The molecule has 0 saturated carbocycles. The number of ether oxygens (including phenoxy) is 1. The Morgan fingerprint density at radius 1 is 1.17 bits per heavy atom. The zero-order valence-corrected chi connectivity index (χ0v) is 17.3. The van der Waals surface area contributed by atoms with E-state index in [-0.39, 0.29) is 21.7 Å². The van der Waals surface area contributed by atoms with Crippen LogP contribution in [-0.2, 0) is 14.8 Å². The van der Waals surface area contributed by atoms with Crippen LogP contribution in [-0.4, -0.2) is 33.0 Å². The standard InChI is InChI=1S/C20H19N3O4S2/c1-27-17-10-9-15(23-11-5-8-19(23)24)12-18(17)29(25,26)22-20-21-16(13-28-20)14-6-3-2-4-7-14/h2-4,6-7,9-10,12-13H,5,8,11H2,1H3,(H,21,22). The molecule has 1 amide bonds. The van der Waals surface area contributed by atoms with Crippen molar-refractivity contribution < 1.29 is 17.9 Å². The van der Waals surface area contributed by atoms with Crippen molar-refractivity contribution in [3.8, 4) is 17.0 Å². The van der Waals surface area contributed by atoms with Crippen LogP contribution in [0.5, 0.6) is 5.75 Å². The van der Waals surface area contributed by atoms with E-state index in [1.54, 1.807) is 22.4 Å². The van der Waals surface area contributed by atoms with Crippen LogP contribution < -0.4 is 14.4 Å². The van der Waals surface area contributed by atoms with Gasteiger partial charge in [0.1, 0.15) is 10.6 Å². The third-order valence-corrected chi connectivity index (χ3v) is 6.86. The smallest absolute Gasteiger partial charge is 0.267 e. The third-order valence-electron chi connectivity index (χ3n) is 4.62. The summed E-state index contributed by atoms with van der Waals surface area (Å²) in [5, 5.41) is 2.05. The average molecular weight is 430 g/mol. The summed E-state index contributed by atoms with van der Waals surface area (Å²) in [7, 11) is -2.55. The minimum atomic E-state index is -3.96. The Labute approximate surface area is 173 Å². The van der Waals surface area contributed by atoms with Crippen molar-refractivity contribution in [1.82, 2.24) is 4.98 Å². The van der Waals surface area contributed by atoms with Crippen LogP contribution in [0.1, 0.15) is 12.8 Å². The third kappa shape index (κ3) is 3.96. The molecule has 1 aliphatic heterocycles. The molecule has 2 aromatic carbocycles. The number of sulfonamides is 1. The fourth-order valence-electron chi connectivity index (χ4n) is 3.20. The molecule has 1 saturated heterocycles. The number of anilines is 2. The van der Waals surface area contributed by atoms with E-state index in [9.17, 15) is 13.2 Å². The molecule has 9 heteroatoms. The van der Waals surface area contributed by atoms with Gasteiger partial charge in [0, 0.05) is 29.6 Å². The number of nitrogens with zero attached hydrogens (tertiary/aromatic N) is 2. The number of carbonyl (C=O) groups excluding carboxylic acids is 1. The molecule has 4 rings (SSSR count). The maximum Gasteiger partial charge on any atom is 0.267 e. The molecular weight excluding hydrogens is 410 g/mol. The number of aromatic nitrogens is 1. The van der Waals surface area contributed by atoms with E-state index in [1.807, 2.05) is 30.3 Å². The zero-order chi connectivity index (χ0) is 20.4. The first-order valence-corrected chi connectivity index (χ1v) is 11.4. The van der Waals surface area contributed by atoms with Gasteiger partial charge in [0.25, 0.3) is 10.0 Å². The SMILES string of the molecule is COc1ccc(N2CCCC2=O)cc1S(=O)(=O)Nc1nc(-c2ccccc2)cs1. The summed E-state index contributed by atoms with van der Waals surface area (Å²) in [5.74, 6) is 0.187. The van der Waals surface area contributed by atoms with Gasteiger partial charge in [-0.15, -0.1) is 11.3 Å². The molecule has 0 radical (unpaired) electrons. The monoisotopic (exact) mass is 429 g/mol. The van der Waals surface area contributed by atoms with Crippen molar-refractivity contribution in [3.63, 3.8) is 0 Å². The maximum absolute atomic E-state index is 13.0. The summed E-state index contributed by atoms with van der Waals surface area (Å²) >= 11 is 1.20. The van der Waals surface area contributed by atoms with E-state index >= 15 is 0 Å². The van der Waals surface area contributed by atoms with Gasteiger partial charge in [-0.3, -0.25) is 9.52 Å². The summed E-state index contributed by atoms with van der Waals surface area (Å²) in [5.41, 5.74) is 2.13. The van der Waals surface area contributed by atoms with Gasteiger partial charge in [-0.1, -0.05) is 30.3 Å². The van der Waals surface area contributed by atoms with Gasteiger partial charge >= 0.3 is 0 Å². The van der Waals surface area contributed by atoms with Gasteiger partial charge in [-0.25, -0.2) is 13.4 Å². The summed E-state index contributed by atoms with van der Waals surface area (Å²) < 4.78 is 33.9. The number of hydrogen-bond donors (Lipinski definition) is 1. The predicted molar refractivity (Wildman–Crippen MR) is 113 cm³/mol. The van der Waals surface area contributed by atoms with Crippen molar-refractivity contribution in [2.24, 2.45) is 0 Å². The van der Waals surface area contributed by atoms with Crippen LogP contribution in [0.15, 0.2) is 58.8 Å². The van der Waals surface area contributed by atoms with Gasteiger partial charge in [-0.2, -0.15) is 0 Å². The van der Waals surface area contributed by atoms with Crippen LogP contribution in [0, 0.1) is 0 Å². The summed E-state index contributed by atoms with van der Waals surface area (Å²) in [6, 6.07) is 14.2. The van der Waals surface area contributed by atoms with Gasteiger partial charge in [0.15, 0.2) is 5.13 Å². The Morgan fingerprint density at radius 3 is 2.66 bits per heavy atom.